The molecule has 15 heavy (non-hydrogen) atoms. The highest BCUT2D eigenvalue weighted by Crippen LogP contribution is 2.01. The van der Waals surface area contributed by atoms with Gasteiger partial charge in [0.2, 0.25) is 0 Å². The third-order valence-electron chi connectivity index (χ3n) is 1.97. The molecule has 0 aromatic rings. The summed E-state index contributed by atoms with van der Waals surface area (Å²) >= 11 is 0. The molecule has 0 amide bonds. The highest BCUT2D eigenvalue weighted by molar-refractivity contribution is 5.27. The molecule has 1 nitrogen and oxygen atoms in total. The summed E-state index contributed by atoms with van der Waals surface area (Å²) in [5.41, 5.74) is -1.12. The maximum atomic E-state index is 9.77. The van der Waals surface area contributed by atoms with Crippen LogP contribution in [-0.2, 0) is 0 Å². The minimum Gasteiger partial charge on any atom is -0.367 e. The topological polar surface area (TPSA) is 20.2 Å². The van der Waals surface area contributed by atoms with E-state index >= 15 is 0 Å². The molecule has 0 saturated carbocycles. The normalized spacial score (nSPS) is 9.87. The number of hydrogen-bond donors (Lipinski definition) is 1. The Morgan fingerprint density at radius 3 is 1.67 bits per heavy atom. The van der Waals surface area contributed by atoms with Crippen LogP contribution in [0.4, 0.5) is 0 Å². The molecule has 0 saturated heterocycles. The highest BCUT2D eigenvalue weighted by Gasteiger charge is 2.10. The van der Waals surface area contributed by atoms with Crippen LogP contribution in [0.1, 0.15) is 59.3 Å². The largest absolute Gasteiger partial charge is 0.367 e. The van der Waals surface area contributed by atoms with E-state index in [1.54, 1.807) is 6.92 Å². The van der Waals surface area contributed by atoms with Crippen molar-refractivity contribution in [3.05, 3.63) is 0 Å². The molecular formula is C14H22O. The van der Waals surface area contributed by atoms with Crippen molar-refractivity contribution in [1.29, 1.82) is 0 Å². The van der Waals surface area contributed by atoms with E-state index in [2.05, 4.69) is 37.5 Å². The summed E-state index contributed by atoms with van der Waals surface area (Å²) in [6.45, 7) is 5.92. The van der Waals surface area contributed by atoms with Gasteiger partial charge in [-0.15, -0.1) is 0 Å². The lowest BCUT2D eigenvalue weighted by molar-refractivity contribution is 0.184. The second-order valence-electron chi connectivity index (χ2n) is 3.88. The first kappa shape index (κ1) is 14.1. The Morgan fingerprint density at radius 2 is 1.33 bits per heavy atom. The van der Waals surface area contributed by atoms with Gasteiger partial charge in [0.1, 0.15) is 0 Å². The van der Waals surface area contributed by atoms with Crippen LogP contribution in [0.3, 0.4) is 0 Å². The first-order chi connectivity index (χ1) is 7.12. The summed E-state index contributed by atoms with van der Waals surface area (Å²) in [5.74, 6) is 11.5. The van der Waals surface area contributed by atoms with Gasteiger partial charge in [0.25, 0.3) is 0 Å². The fraction of sp³-hybridized carbons (Fsp3) is 0.714. The van der Waals surface area contributed by atoms with E-state index in [1.165, 1.54) is 0 Å². The predicted molar refractivity (Wildman–Crippen MR) is 65.2 cm³/mol. The zero-order valence-electron chi connectivity index (χ0n) is 10.2. The van der Waals surface area contributed by atoms with Gasteiger partial charge in [0, 0.05) is 12.8 Å². The van der Waals surface area contributed by atoms with Crippen molar-refractivity contribution in [1.82, 2.24) is 0 Å². The van der Waals surface area contributed by atoms with E-state index in [-0.39, 0.29) is 0 Å². The zero-order valence-corrected chi connectivity index (χ0v) is 10.2. The van der Waals surface area contributed by atoms with Gasteiger partial charge in [-0.25, -0.2) is 0 Å². The smallest absolute Gasteiger partial charge is 0.184 e. The standard InChI is InChI=1S/C14H22O/c1-4-6-8-10-12-14(3,15)13-11-9-7-5-2/h15H,4-9H2,1-3H3. The molecule has 0 aliphatic heterocycles. The van der Waals surface area contributed by atoms with E-state index in [4.69, 9.17) is 0 Å². The molecule has 0 bridgehead atoms. The van der Waals surface area contributed by atoms with Crippen molar-refractivity contribution < 1.29 is 5.11 Å². The molecule has 0 aliphatic carbocycles. The quantitative estimate of drug-likeness (QED) is 0.553. The van der Waals surface area contributed by atoms with Gasteiger partial charge in [-0.2, -0.15) is 0 Å². The Hall–Kier alpha value is -0.920. The SMILES string of the molecule is CCCCC#CC(C)(O)C#CCCCC. The second-order valence-corrected chi connectivity index (χ2v) is 3.88. The van der Waals surface area contributed by atoms with Gasteiger partial charge in [-0.3, -0.25) is 0 Å². The fourth-order valence-corrected chi connectivity index (χ4v) is 1.03. The average molecular weight is 206 g/mol. The van der Waals surface area contributed by atoms with Gasteiger partial charge in [0.15, 0.2) is 5.60 Å². The van der Waals surface area contributed by atoms with Crippen LogP contribution in [0, 0.1) is 23.7 Å². The molecule has 0 radical (unpaired) electrons. The molecule has 0 atom stereocenters. The number of hydrogen-bond acceptors (Lipinski definition) is 1. The van der Waals surface area contributed by atoms with Gasteiger partial charge in [0.05, 0.1) is 0 Å². The van der Waals surface area contributed by atoms with Crippen LogP contribution in [0.25, 0.3) is 0 Å². The molecular weight excluding hydrogens is 184 g/mol. The average Bonchev–Trinajstić information content (AvgIpc) is 2.20. The first-order valence-corrected chi connectivity index (χ1v) is 5.84. The Bertz CT molecular complexity index is 239. The molecule has 0 heterocycles. The molecule has 0 aromatic heterocycles. The van der Waals surface area contributed by atoms with Crippen molar-refractivity contribution in [2.45, 2.75) is 64.9 Å². The van der Waals surface area contributed by atoms with E-state index < -0.39 is 5.60 Å². The number of aliphatic hydroxyl groups is 1. The zero-order chi connectivity index (χ0) is 11.6. The summed E-state index contributed by atoms with van der Waals surface area (Å²) in [7, 11) is 0. The van der Waals surface area contributed by atoms with Crippen LogP contribution in [0.5, 0.6) is 0 Å². The maximum Gasteiger partial charge on any atom is 0.184 e. The summed E-state index contributed by atoms with van der Waals surface area (Å²) in [6, 6.07) is 0. The molecule has 0 spiro atoms. The second kappa shape index (κ2) is 8.39. The maximum absolute atomic E-state index is 9.77. The Morgan fingerprint density at radius 1 is 0.933 bits per heavy atom. The molecule has 0 aliphatic rings. The summed E-state index contributed by atoms with van der Waals surface area (Å²) < 4.78 is 0. The van der Waals surface area contributed by atoms with Crippen molar-refractivity contribution >= 4 is 0 Å². The number of rotatable bonds is 4. The Kier molecular flexibility index (Phi) is 7.88. The van der Waals surface area contributed by atoms with E-state index in [0.29, 0.717) is 0 Å². The molecule has 0 rings (SSSR count). The molecule has 84 valence electrons. The molecule has 0 unspecified atom stereocenters. The van der Waals surface area contributed by atoms with E-state index in [0.717, 1.165) is 38.5 Å². The van der Waals surface area contributed by atoms with Gasteiger partial charge < -0.3 is 5.11 Å². The van der Waals surface area contributed by atoms with Gasteiger partial charge in [-0.05, 0) is 19.8 Å². The number of unbranched alkanes of at least 4 members (excludes halogenated alkanes) is 4. The minimum atomic E-state index is -1.12. The first-order valence-electron chi connectivity index (χ1n) is 5.84. The van der Waals surface area contributed by atoms with E-state index in [9.17, 15) is 5.11 Å². The predicted octanol–water partition coefficient (Wildman–Crippen LogP) is 3.12. The molecule has 0 fully saturated rings. The van der Waals surface area contributed by atoms with Crippen LogP contribution in [0.15, 0.2) is 0 Å². The monoisotopic (exact) mass is 206 g/mol. The van der Waals surface area contributed by atoms with Crippen LogP contribution < -0.4 is 0 Å². The van der Waals surface area contributed by atoms with Crippen molar-refractivity contribution in [3.63, 3.8) is 0 Å². The van der Waals surface area contributed by atoms with E-state index in [1.807, 2.05) is 0 Å². The lowest BCUT2D eigenvalue weighted by Gasteiger charge is -2.06. The lowest BCUT2D eigenvalue weighted by Crippen LogP contribution is -2.18. The highest BCUT2D eigenvalue weighted by atomic mass is 16.3. The van der Waals surface area contributed by atoms with Gasteiger partial charge in [-0.1, -0.05) is 50.4 Å². The van der Waals surface area contributed by atoms with Crippen LogP contribution >= 0.6 is 0 Å². The summed E-state index contributed by atoms with van der Waals surface area (Å²) in [5, 5.41) is 9.77. The van der Waals surface area contributed by atoms with Crippen LogP contribution in [-0.4, -0.2) is 10.7 Å². The molecule has 1 N–H and O–H groups in total. The van der Waals surface area contributed by atoms with Crippen molar-refractivity contribution in [3.8, 4) is 23.7 Å². The lowest BCUT2D eigenvalue weighted by atomic mass is 10.1. The van der Waals surface area contributed by atoms with Gasteiger partial charge >= 0.3 is 0 Å². The summed E-state index contributed by atoms with van der Waals surface area (Å²) in [6.07, 6.45) is 6.16. The Balaban J connectivity index is 4.01. The van der Waals surface area contributed by atoms with Crippen LogP contribution in [0.2, 0.25) is 0 Å². The molecule has 1 heteroatoms. The Labute approximate surface area is 94.3 Å². The third kappa shape index (κ3) is 9.39. The van der Waals surface area contributed by atoms with Crippen molar-refractivity contribution in [2.75, 3.05) is 0 Å². The summed E-state index contributed by atoms with van der Waals surface area (Å²) in [4.78, 5) is 0. The fourth-order valence-electron chi connectivity index (χ4n) is 1.03. The molecule has 0 aromatic carbocycles. The van der Waals surface area contributed by atoms with Crippen molar-refractivity contribution in [2.24, 2.45) is 0 Å². The minimum absolute atomic E-state index is 0.850. The third-order valence-corrected chi connectivity index (χ3v) is 1.97.